The first-order valence-corrected chi connectivity index (χ1v) is 14.6. The summed E-state index contributed by atoms with van der Waals surface area (Å²) in [6, 6.07) is 4.85. The number of anilines is 1. The minimum absolute atomic E-state index is 0.00450. The monoisotopic (exact) mass is 589 g/mol. The van der Waals surface area contributed by atoms with E-state index in [1.165, 1.54) is 36.2 Å². The quantitative estimate of drug-likeness (QED) is 0.429. The Bertz CT molecular complexity index is 1360. The number of ether oxygens (including phenoxy) is 1. The van der Waals surface area contributed by atoms with Crippen LogP contribution in [0, 0.1) is 16.7 Å². The molecule has 3 rings (SSSR count). The van der Waals surface area contributed by atoms with Gasteiger partial charge in [0, 0.05) is 36.7 Å². The molecule has 9 nitrogen and oxygen atoms in total. The molecule has 0 radical (unpaired) electrons. The molecule has 1 heterocycles. The SMILES string of the molecule is CCn1nc(C(=O)NCC2(C#N)CCC(S(C)(=O)=O)CC2)c(Cl)c1-c1ccc(NC(C)C(F)(F)F)cc1OC. The summed E-state index contributed by atoms with van der Waals surface area (Å²) in [7, 11) is -1.84. The number of nitrogens with one attached hydrogen (secondary N) is 2. The topological polar surface area (TPSA) is 126 Å². The van der Waals surface area contributed by atoms with Crippen molar-refractivity contribution in [1.29, 1.82) is 5.26 Å². The second kappa shape index (κ2) is 11.6. The predicted octanol–water partition coefficient (Wildman–Crippen LogP) is 4.82. The number of nitrogens with zero attached hydrogens (tertiary/aromatic N) is 3. The number of methoxy groups -OCH3 is 1. The molecule has 0 saturated heterocycles. The van der Waals surface area contributed by atoms with E-state index in [9.17, 15) is 31.6 Å². The van der Waals surface area contributed by atoms with E-state index < -0.39 is 38.6 Å². The summed E-state index contributed by atoms with van der Waals surface area (Å²) in [4.78, 5) is 13.1. The maximum atomic E-state index is 13.1. The third-order valence-electron chi connectivity index (χ3n) is 7.06. The predicted molar refractivity (Wildman–Crippen MR) is 142 cm³/mol. The minimum atomic E-state index is -4.44. The van der Waals surface area contributed by atoms with Gasteiger partial charge in [-0.05, 0) is 51.7 Å². The molecular formula is C25H31ClF3N5O4S. The Labute approximate surface area is 230 Å². The number of sulfone groups is 1. The van der Waals surface area contributed by atoms with E-state index in [0.29, 0.717) is 43.5 Å². The summed E-state index contributed by atoms with van der Waals surface area (Å²) >= 11 is 6.61. The fraction of sp³-hybridized carbons (Fsp3) is 0.560. The van der Waals surface area contributed by atoms with Crippen LogP contribution in [0.5, 0.6) is 5.75 Å². The van der Waals surface area contributed by atoms with Gasteiger partial charge in [-0.15, -0.1) is 0 Å². The van der Waals surface area contributed by atoms with Crippen molar-refractivity contribution in [1.82, 2.24) is 15.1 Å². The Kier molecular flexibility index (Phi) is 9.12. The smallest absolute Gasteiger partial charge is 0.408 e. The Morgan fingerprint density at radius 2 is 2.00 bits per heavy atom. The van der Waals surface area contributed by atoms with Crippen molar-refractivity contribution >= 4 is 33.0 Å². The van der Waals surface area contributed by atoms with Crippen molar-refractivity contribution in [3.8, 4) is 23.1 Å². The molecule has 0 aliphatic heterocycles. The van der Waals surface area contributed by atoms with Gasteiger partial charge in [-0.1, -0.05) is 11.6 Å². The average molecular weight is 590 g/mol. The summed E-state index contributed by atoms with van der Waals surface area (Å²) in [6.45, 7) is 3.12. The maximum absolute atomic E-state index is 13.1. The largest absolute Gasteiger partial charge is 0.496 e. The third kappa shape index (κ3) is 6.78. The van der Waals surface area contributed by atoms with Gasteiger partial charge < -0.3 is 15.4 Å². The molecule has 39 heavy (non-hydrogen) atoms. The third-order valence-corrected chi connectivity index (χ3v) is 9.10. The Balaban J connectivity index is 1.84. The molecule has 1 aliphatic carbocycles. The zero-order valence-electron chi connectivity index (χ0n) is 22.0. The van der Waals surface area contributed by atoms with Crippen LogP contribution >= 0.6 is 11.6 Å². The normalized spacial score (nSPS) is 20.6. The highest BCUT2D eigenvalue weighted by Gasteiger charge is 2.39. The molecular weight excluding hydrogens is 559 g/mol. The number of carbonyl (C=O) groups is 1. The maximum Gasteiger partial charge on any atom is 0.408 e. The molecule has 1 saturated carbocycles. The first-order valence-electron chi connectivity index (χ1n) is 12.3. The number of benzene rings is 1. The van der Waals surface area contributed by atoms with Gasteiger partial charge in [0.05, 0.1) is 34.6 Å². The van der Waals surface area contributed by atoms with Crippen LogP contribution in [0.2, 0.25) is 5.02 Å². The van der Waals surface area contributed by atoms with E-state index >= 15 is 0 Å². The number of carbonyl (C=O) groups excluding carboxylic acids is 1. The molecule has 214 valence electrons. The lowest BCUT2D eigenvalue weighted by atomic mass is 9.75. The van der Waals surface area contributed by atoms with Crippen molar-refractivity contribution < 1.29 is 31.1 Å². The second-order valence-electron chi connectivity index (χ2n) is 9.75. The number of nitriles is 1. The molecule has 1 amide bonds. The zero-order valence-corrected chi connectivity index (χ0v) is 23.6. The van der Waals surface area contributed by atoms with Crippen LogP contribution in [-0.2, 0) is 16.4 Å². The van der Waals surface area contributed by atoms with Crippen molar-refractivity contribution in [2.24, 2.45) is 5.41 Å². The highest BCUT2D eigenvalue weighted by Crippen LogP contribution is 2.40. The Morgan fingerprint density at radius 3 is 2.51 bits per heavy atom. The lowest BCUT2D eigenvalue weighted by Gasteiger charge is -2.34. The van der Waals surface area contributed by atoms with Crippen LogP contribution in [0.15, 0.2) is 18.2 Å². The molecule has 1 unspecified atom stereocenters. The molecule has 1 aromatic heterocycles. The van der Waals surface area contributed by atoms with Gasteiger partial charge in [0.1, 0.15) is 21.6 Å². The molecule has 2 N–H and O–H groups in total. The van der Waals surface area contributed by atoms with E-state index in [1.54, 1.807) is 6.92 Å². The molecule has 1 fully saturated rings. The highest BCUT2D eigenvalue weighted by atomic mass is 35.5. The molecule has 0 bridgehead atoms. The minimum Gasteiger partial charge on any atom is -0.496 e. The van der Waals surface area contributed by atoms with Crippen LogP contribution in [0.4, 0.5) is 18.9 Å². The van der Waals surface area contributed by atoms with Crippen LogP contribution in [0.1, 0.15) is 50.0 Å². The Morgan fingerprint density at radius 1 is 1.36 bits per heavy atom. The molecule has 1 aromatic carbocycles. The number of hydrogen-bond donors (Lipinski definition) is 2. The molecule has 2 aromatic rings. The van der Waals surface area contributed by atoms with Gasteiger partial charge in [0.15, 0.2) is 5.69 Å². The van der Waals surface area contributed by atoms with Crippen molar-refractivity contribution in [3.63, 3.8) is 0 Å². The second-order valence-corrected chi connectivity index (χ2v) is 12.5. The summed E-state index contributed by atoms with van der Waals surface area (Å²) in [5.74, 6) is -0.381. The van der Waals surface area contributed by atoms with E-state index in [-0.39, 0.29) is 28.7 Å². The van der Waals surface area contributed by atoms with E-state index in [2.05, 4.69) is 21.8 Å². The van der Waals surface area contributed by atoms with E-state index in [0.717, 1.165) is 6.92 Å². The van der Waals surface area contributed by atoms with Gasteiger partial charge in [0.2, 0.25) is 0 Å². The highest BCUT2D eigenvalue weighted by molar-refractivity contribution is 7.91. The van der Waals surface area contributed by atoms with Crippen LogP contribution in [0.3, 0.4) is 0 Å². The van der Waals surface area contributed by atoms with Gasteiger partial charge in [-0.25, -0.2) is 8.42 Å². The van der Waals surface area contributed by atoms with Gasteiger partial charge in [-0.2, -0.15) is 23.5 Å². The lowest BCUT2D eigenvalue weighted by molar-refractivity contribution is -0.138. The number of aryl methyl sites for hydroxylation is 1. The summed E-state index contributed by atoms with van der Waals surface area (Å²) in [5, 5.41) is 18.8. The summed E-state index contributed by atoms with van der Waals surface area (Å²) in [5.41, 5.74) is -0.0289. The van der Waals surface area contributed by atoms with Gasteiger partial charge in [-0.3, -0.25) is 9.48 Å². The standard InChI is InChI=1S/C25H31ClF3N5O4S/c1-5-34-22(18-7-6-16(12-19(18)38-3)32-15(2)25(27,28)29)20(26)21(33-34)23(35)31-14-24(13-30)10-8-17(9-11-24)39(4,36)37/h6-7,12,15,17,32H,5,8-11,14H2,1-4H3,(H,31,35). The summed E-state index contributed by atoms with van der Waals surface area (Å²) < 4.78 is 69.6. The number of aromatic nitrogens is 2. The Hall–Kier alpha value is -2.98. The van der Waals surface area contributed by atoms with Crippen molar-refractivity contribution in [3.05, 3.63) is 28.9 Å². The lowest BCUT2D eigenvalue weighted by Crippen LogP contribution is -2.41. The zero-order chi connectivity index (χ0) is 29.2. The van der Waals surface area contributed by atoms with Crippen LogP contribution in [0.25, 0.3) is 11.3 Å². The fourth-order valence-electron chi connectivity index (χ4n) is 4.61. The first kappa shape index (κ1) is 30.6. The van der Waals surface area contributed by atoms with Crippen LogP contribution in [-0.4, -0.2) is 61.5 Å². The average Bonchev–Trinajstić information content (AvgIpc) is 3.22. The van der Waals surface area contributed by atoms with Crippen LogP contribution < -0.4 is 15.4 Å². The molecule has 1 aliphatic rings. The number of halogens is 4. The fourth-order valence-corrected chi connectivity index (χ4v) is 6.03. The van der Waals surface area contributed by atoms with E-state index in [1.807, 2.05) is 0 Å². The first-order chi connectivity index (χ1) is 18.2. The van der Waals surface area contributed by atoms with Crippen molar-refractivity contribution in [2.45, 2.75) is 63.5 Å². The van der Waals surface area contributed by atoms with Crippen molar-refractivity contribution in [2.75, 3.05) is 25.2 Å². The number of hydrogen-bond acceptors (Lipinski definition) is 7. The molecule has 1 atom stereocenters. The number of alkyl halides is 3. The number of rotatable bonds is 9. The van der Waals surface area contributed by atoms with E-state index in [4.69, 9.17) is 16.3 Å². The molecule has 0 spiro atoms. The van der Waals surface area contributed by atoms with Gasteiger partial charge in [0.25, 0.3) is 5.91 Å². The summed E-state index contributed by atoms with van der Waals surface area (Å²) in [6.07, 6.45) is -1.92. The van der Waals surface area contributed by atoms with Gasteiger partial charge >= 0.3 is 6.18 Å². The number of amides is 1. The molecule has 14 heteroatoms.